The molecule has 0 N–H and O–H groups in total. The zero-order valence-corrected chi connectivity index (χ0v) is 11.9. The Hall–Kier alpha value is -1.64. The summed E-state index contributed by atoms with van der Waals surface area (Å²) in [6, 6.07) is 7.88. The monoisotopic (exact) mass is 271 g/mol. The van der Waals surface area contributed by atoms with E-state index in [4.69, 9.17) is 0 Å². The highest BCUT2D eigenvalue weighted by Gasteiger charge is 2.41. The van der Waals surface area contributed by atoms with E-state index in [-0.39, 0.29) is 11.8 Å². The first-order valence-electron chi connectivity index (χ1n) is 7.57. The van der Waals surface area contributed by atoms with Crippen molar-refractivity contribution in [3.63, 3.8) is 0 Å². The minimum absolute atomic E-state index is 0.0825. The molecule has 2 aliphatic rings. The first-order chi connectivity index (χ1) is 9.70. The zero-order chi connectivity index (χ0) is 14.1. The summed E-state index contributed by atoms with van der Waals surface area (Å²) in [7, 11) is 0. The number of nitrogens with zero attached hydrogens (tertiary/aromatic N) is 1. The number of rotatable bonds is 3. The molecule has 3 unspecified atom stereocenters. The normalized spacial score (nSPS) is 27.2. The molecule has 3 nitrogen and oxygen atoms in total. The molecule has 1 heterocycles. The number of benzene rings is 1. The van der Waals surface area contributed by atoms with E-state index in [9.17, 15) is 9.59 Å². The second kappa shape index (κ2) is 5.39. The van der Waals surface area contributed by atoms with Gasteiger partial charge >= 0.3 is 0 Å². The molecule has 0 radical (unpaired) electrons. The SMILES string of the molecule is CC(C=O)c1ccc(N2CC3CCCCC3C2=O)cc1. The summed E-state index contributed by atoms with van der Waals surface area (Å²) in [5, 5.41) is 0. The van der Waals surface area contributed by atoms with Crippen molar-refractivity contribution in [3.8, 4) is 0 Å². The molecule has 20 heavy (non-hydrogen) atoms. The first kappa shape index (κ1) is 13.3. The van der Waals surface area contributed by atoms with Gasteiger partial charge in [-0.3, -0.25) is 4.79 Å². The molecule has 3 rings (SSSR count). The van der Waals surface area contributed by atoms with Gasteiger partial charge in [-0.2, -0.15) is 0 Å². The van der Waals surface area contributed by atoms with Crippen molar-refractivity contribution in [3.05, 3.63) is 29.8 Å². The number of fused-ring (bicyclic) bond motifs is 1. The Balaban J connectivity index is 1.79. The third-order valence-electron chi connectivity index (χ3n) is 4.84. The van der Waals surface area contributed by atoms with Gasteiger partial charge in [0.2, 0.25) is 5.91 Å². The standard InChI is InChI=1S/C17H21NO2/c1-12(11-19)13-6-8-15(9-7-13)18-10-14-4-2-3-5-16(14)17(18)20/h6-9,11-12,14,16H,2-5,10H2,1H3. The molecule has 1 aliphatic heterocycles. The maximum atomic E-state index is 12.5. The van der Waals surface area contributed by atoms with Gasteiger partial charge in [0.25, 0.3) is 0 Å². The molecule has 1 aromatic rings. The molecule has 1 aliphatic carbocycles. The lowest BCUT2D eigenvalue weighted by Crippen LogP contribution is -2.27. The van der Waals surface area contributed by atoms with Gasteiger partial charge in [0, 0.05) is 24.1 Å². The second-order valence-electron chi connectivity index (χ2n) is 6.12. The summed E-state index contributed by atoms with van der Waals surface area (Å²) in [5.41, 5.74) is 1.99. The van der Waals surface area contributed by atoms with Crippen LogP contribution >= 0.6 is 0 Å². The summed E-state index contributed by atoms with van der Waals surface area (Å²) in [4.78, 5) is 25.2. The van der Waals surface area contributed by atoms with E-state index in [2.05, 4.69) is 0 Å². The third-order valence-corrected chi connectivity index (χ3v) is 4.84. The van der Waals surface area contributed by atoms with Crippen molar-refractivity contribution in [2.24, 2.45) is 11.8 Å². The van der Waals surface area contributed by atoms with Crippen LogP contribution in [-0.4, -0.2) is 18.7 Å². The fourth-order valence-corrected chi connectivity index (χ4v) is 3.54. The highest BCUT2D eigenvalue weighted by Crippen LogP contribution is 2.39. The average molecular weight is 271 g/mol. The Morgan fingerprint density at radius 3 is 2.55 bits per heavy atom. The van der Waals surface area contributed by atoms with E-state index in [0.29, 0.717) is 11.8 Å². The molecule has 1 aromatic carbocycles. The van der Waals surface area contributed by atoms with E-state index in [1.165, 1.54) is 19.3 Å². The lowest BCUT2D eigenvalue weighted by Gasteiger charge is -2.21. The van der Waals surface area contributed by atoms with Gasteiger partial charge in [-0.05, 0) is 36.5 Å². The molecule has 0 spiro atoms. The van der Waals surface area contributed by atoms with Crippen LogP contribution in [-0.2, 0) is 9.59 Å². The van der Waals surface area contributed by atoms with Crippen LogP contribution in [0.15, 0.2) is 24.3 Å². The zero-order valence-electron chi connectivity index (χ0n) is 11.9. The number of carbonyl (C=O) groups excluding carboxylic acids is 2. The van der Waals surface area contributed by atoms with Gasteiger partial charge in [-0.25, -0.2) is 0 Å². The van der Waals surface area contributed by atoms with Crippen molar-refractivity contribution in [2.75, 3.05) is 11.4 Å². The number of aldehydes is 1. The van der Waals surface area contributed by atoms with Crippen LogP contribution in [0, 0.1) is 11.8 Å². The molecular weight excluding hydrogens is 250 g/mol. The van der Waals surface area contributed by atoms with E-state index in [0.717, 1.165) is 30.5 Å². The number of anilines is 1. The highest BCUT2D eigenvalue weighted by molar-refractivity contribution is 5.97. The molecule has 3 heteroatoms. The Morgan fingerprint density at radius 2 is 1.90 bits per heavy atom. The van der Waals surface area contributed by atoms with Gasteiger partial charge in [0.05, 0.1) is 0 Å². The fourth-order valence-electron chi connectivity index (χ4n) is 3.54. The van der Waals surface area contributed by atoms with E-state index >= 15 is 0 Å². The molecule has 0 bridgehead atoms. The van der Waals surface area contributed by atoms with Crippen LogP contribution in [0.4, 0.5) is 5.69 Å². The van der Waals surface area contributed by atoms with Crippen molar-refractivity contribution < 1.29 is 9.59 Å². The Kier molecular flexibility index (Phi) is 3.60. The fraction of sp³-hybridized carbons (Fsp3) is 0.529. The number of carbonyl (C=O) groups is 2. The molecule has 1 saturated carbocycles. The minimum Gasteiger partial charge on any atom is -0.312 e. The minimum atomic E-state index is -0.0825. The Bertz CT molecular complexity index is 508. The highest BCUT2D eigenvalue weighted by atomic mass is 16.2. The summed E-state index contributed by atoms with van der Waals surface area (Å²) < 4.78 is 0. The van der Waals surface area contributed by atoms with Crippen LogP contribution in [0.25, 0.3) is 0 Å². The number of amides is 1. The van der Waals surface area contributed by atoms with Crippen LogP contribution in [0.1, 0.15) is 44.1 Å². The number of hydrogen-bond donors (Lipinski definition) is 0. The molecule has 0 aromatic heterocycles. The van der Waals surface area contributed by atoms with E-state index in [1.807, 2.05) is 36.1 Å². The van der Waals surface area contributed by atoms with Gasteiger partial charge in [-0.1, -0.05) is 31.9 Å². The molecular formula is C17H21NO2. The number of hydrogen-bond acceptors (Lipinski definition) is 2. The molecule has 1 saturated heterocycles. The van der Waals surface area contributed by atoms with Crippen LogP contribution in [0.5, 0.6) is 0 Å². The maximum absolute atomic E-state index is 12.5. The molecule has 3 atom stereocenters. The van der Waals surface area contributed by atoms with Crippen LogP contribution in [0.2, 0.25) is 0 Å². The second-order valence-corrected chi connectivity index (χ2v) is 6.12. The lowest BCUT2D eigenvalue weighted by molar-refractivity contribution is -0.121. The van der Waals surface area contributed by atoms with Crippen LogP contribution in [0.3, 0.4) is 0 Å². The summed E-state index contributed by atoms with van der Waals surface area (Å²) in [6.45, 7) is 2.75. The van der Waals surface area contributed by atoms with Crippen molar-refractivity contribution in [1.82, 2.24) is 0 Å². The average Bonchev–Trinajstić information content (AvgIpc) is 2.84. The van der Waals surface area contributed by atoms with Crippen molar-refractivity contribution in [1.29, 1.82) is 0 Å². The van der Waals surface area contributed by atoms with E-state index < -0.39 is 0 Å². The summed E-state index contributed by atoms with van der Waals surface area (Å²) in [5.74, 6) is 1.01. The molecule has 106 valence electrons. The summed E-state index contributed by atoms with van der Waals surface area (Å²) in [6.07, 6.45) is 5.65. The van der Waals surface area contributed by atoms with E-state index in [1.54, 1.807) is 0 Å². The lowest BCUT2D eigenvalue weighted by atomic mass is 9.81. The summed E-state index contributed by atoms with van der Waals surface area (Å²) >= 11 is 0. The Morgan fingerprint density at radius 1 is 1.20 bits per heavy atom. The predicted octanol–water partition coefficient (Wildman–Crippen LogP) is 3.14. The van der Waals surface area contributed by atoms with Crippen LogP contribution < -0.4 is 4.90 Å². The van der Waals surface area contributed by atoms with Crippen molar-refractivity contribution >= 4 is 17.9 Å². The van der Waals surface area contributed by atoms with Gasteiger partial charge in [0.1, 0.15) is 6.29 Å². The van der Waals surface area contributed by atoms with Gasteiger partial charge in [-0.15, -0.1) is 0 Å². The van der Waals surface area contributed by atoms with Crippen molar-refractivity contribution in [2.45, 2.75) is 38.5 Å². The third kappa shape index (κ3) is 2.26. The topological polar surface area (TPSA) is 37.4 Å². The largest absolute Gasteiger partial charge is 0.312 e. The predicted molar refractivity (Wildman–Crippen MR) is 78.7 cm³/mol. The quantitative estimate of drug-likeness (QED) is 0.792. The van der Waals surface area contributed by atoms with Gasteiger partial charge in [0.15, 0.2) is 0 Å². The first-order valence-corrected chi connectivity index (χ1v) is 7.57. The molecule has 2 fully saturated rings. The Labute approximate surface area is 120 Å². The van der Waals surface area contributed by atoms with Gasteiger partial charge < -0.3 is 9.69 Å². The maximum Gasteiger partial charge on any atom is 0.230 e. The smallest absolute Gasteiger partial charge is 0.230 e. The molecule has 1 amide bonds.